The number of nitrogens with zero attached hydrogens (tertiary/aromatic N) is 4. The van der Waals surface area contributed by atoms with Gasteiger partial charge in [-0.25, -0.2) is 17.2 Å². The summed E-state index contributed by atoms with van der Waals surface area (Å²) in [6.45, 7) is 1.52. The van der Waals surface area contributed by atoms with Gasteiger partial charge in [-0.3, -0.25) is 4.79 Å². The van der Waals surface area contributed by atoms with Crippen LogP contribution in [0.2, 0.25) is 0 Å². The van der Waals surface area contributed by atoms with Crippen LogP contribution in [0.4, 0.5) is 14.5 Å². The van der Waals surface area contributed by atoms with Gasteiger partial charge in [-0.05, 0) is 30.5 Å². The molecule has 1 aromatic heterocycles. The third kappa shape index (κ3) is 8.34. The molecule has 2 aromatic carbocycles. The number of hydrogen-bond acceptors (Lipinski definition) is 7. The van der Waals surface area contributed by atoms with Crippen LogP contribution in [0.25, 0.3) is 5.69 Å². The molecule has 0 aliphatic carbocycles. The van der Waals surface area contributed by atoms with Crippen molar-refractivity contribution in [3.8, 4) is 11.4 Å². The fraction of sp³-hybridized carbons (Fsp3) is 0.448. The van der Waals surface area contributed by atoms with Crippen LogP contribution in [0.15, 0.2) is 59.5 Å². The van der Waals surface area contributed by atoms with Crippen LogP contribution in [-0.4, -0.2) is 67.0 Å². The van der Waals surface area contributed by atoms with Gasteiger partial charge in [0.25, 0.3) is 0 Å². The Labute approximate surface area is 239 Å². The molecule has 1 N–H and O–H groups in total. The number of ether oxygens (including phenoxy) is 1. The molecule has 1 fully saturated rings. The summed E-state index contributed by atoms with van der Waals surface area (Å²) in [4.78, 5) is 15.3. The second-order valence-corrected chi connectivity index (χ2v) is 12.0. The van der Waals surface area contributed by atoms with Gasteiger partial charge in [0.1, 0.15) is 17.3 Å². The predicted molar refractivity (Wildman–Crippen MR) is 153 cm³/mol. The molecular weight excluding hydrogens is 554 g/mol. The Kier molecular flexibility index (Phi) is 10.8. The van der Waals surface area contributed by atoms with Crippen molar-refractivity contribution in [3.63, 3.8) is 0 Å². The Bertz CT molecular complexity index is 1430. The molecule has 0 atom stereocenters. The quantitative estimate of drug-likeness (QED) is 0.284. The van der Waals surface area contributed by atoms with E-state index >= 15 is 0 Å². The summed E-state index contributed by atoms with van der Waals surface area (Å²) >= 11 is 0. The van der Waals surface area contributed by atoms with Gasteiger partial charge in [-0.15, -0.1) is 0 Å². The van der Waals surface area contributed by atoms with Crippen molar-refractivity contribution in [2.45, 2.75) is 44.3 Å². The van der Waals surface area contributed by atoms with Crippen molar-refractivity contribution in [1.82, 2.24) is 14.1 Å². The van der Waals surface area contributed by atoms with E-state index in [1.807, 2.05) is 11.0 Å². The molecule has 0 unspecified atom stereocenters. The second-order valence-electron chi connectivity index (χ2n) is 10.0. The number of aliphatic hydroxyl groups excluding tert-OH is 1. The smallest absolute Gasteiger partial charge is 0.316 e. The number of halogens is 2. The molecule has 0 saturated carbocycles. The minimum atomic E-state index is -3.53. The van der Waals surface area contributed by atoms with E-state index in [4.69, 9.17) is 9.84 Å². The van der Waals surface area contributed by atoms with Gasteiger partial charge < -0.3 is 14.7 Å². The number of aromatic nitrogens is 2. The first-order valence-corrected chi connectivity index (χ1v) is 15.5. The first-order chi connectivity index (χ1) is 19.8. The highest BCUT2D eigenvalue weighted by molar-refractivity contribution is 7.88. The van der Waals surface area contributed by atoms with Crippen LogP contribution in [0.5, 0.6) is 5.75 Å². The molecule has 1 saturated heterocycles. The normalized spacial score (nSPS) is 14.4. The van der Waals surface area contributed by atoms with E-state index in [1.54, 1.807) is 24.3 Å². The highest BCUT2D eigenvalue weighted by Crippen LogP contribution is 2.27. The monoisotopic (exact) mass is 590 g/mol. The molecule has 41 heavy (non-hydrogen) atoms. The lowest BCUT2D eigenvalue weighted by Gasteiger charge is -2.35. The lowest BCUT2D eigenvalue weighted by Crippen LogP contribution is -2.49. The van der Waals surface area contributed by atoms with Gasteiger partial charge in [0.2, 0.25) is 15.8 Å². The highest BCUT2D eigenvalue weighted by Gasteiger charge is 2.29. The third-order valence-corrected chi connectivity index (χ3v) is 8.82. The summed E-state index contributed by atoms with van der Waals surface area (Å²) in [5.41, 5.74) is 0.394. The number of piperazine rings is 1. The third-order valence-electron chi connectivity index (χ3n) is 6.97. The number of hydrogen-bond donors (Lipinski definition) is 1. The van der Waals surface area contributed by atoms with Crippen LogP contribution < -0.4 is 15.2 Å². The van der Waals surface area contributed by atoms with Gasteiger partial charge in [0, 0.05) is 38.9 Å². The number of anilines is 1. The average molecular weight is 591 g/mol. The topological polar surface area (TPSA) is 105 Å². The lowest BCUT2D eigenvalue weighted by atomic mass is 10.1. The van der Waals surface area contributed by atoms with E-state index < -0.39 is 27.2 Å². The fourth-order valence-electron chi connectivity index (χ4n) is 4.81. The zero-order valence-corrected chi connectivity index (χ0v) is 23.7. The van der Waals surface area contributed by atoms with E-state index in [0.29, 0.717) is 36.8 Å². The van der Waals surface area contributed by atoms with Gasteiger partial charge in [-0.1, -0.05) is 56.0 Å². The Hall–Kier alpha value is -3.35. The maximum Gasteiger partial charge on any atom is 0.316 e. The van der Waals surface area contributed by atoms with E-state index in [9.17, 15) is 22.0 Å². The van der Waals surface area contributed by atoms with Crippen LogP contribution >= 0.6 is 0 Å². The molecule has 0 spiro atoms. The first-order valence-electron chi connectivity index (χ1n) is 13.9. The van der Waals surface area contributed by atoms with Crippen molar-refractivity contribution < 1.29 is 27.0 Å². The van der Waals surface area contributed by atoms with Crippen molar-refractivity contribution in [2.24, 2.45) is 0 Å². The van der Waals surface area contributed by atoms with E-state index in [0.717, 1.165) is 48.9 Å². The largest absolute Gasteiger partial charge is 0.486 e. The van der Waals surface area contributed by atoms with Crippen LogP contribution in [0.1, 0.15) is 44.1 Å². The van der Waals surface area contributed by atoms with Crippen LogP contribution in [0.3, 0.4) is 0 Å². The molecule has 0 bridgehead atoms. The van der Waals surface area contributed by atoms with Gasteiger partial charge in [0.15, 0.2) is 0 Å². The van der Waals surface area contributed by atoms with Crippen molar-refractivity contribution in [2.75, 3.05) is 44.3 Å². The summed E-state index contributed by atoms with van der Waals surface area (Å²) in [6, 6.07) is 11.7. The summed E-state index contributed by atoms with van der Waals surface area (Å²) < 4.78 is 62.1. The standard InChI is InChI=1S/C29H36F2N4O5S/c30-24-18-25(31)20-26(19-24)35-29(37)28(40-17-9-4-2-1-3-8-16-36)27(21-32-35)33-12-14-34(15-13-33)41(38,39)22-23-10-6-5-7-11-23/h5-7,10-11,18-21,36H,1-4,8-9,12-17,22H2. The molecular formula is C29H36F2N4O5S. The SMILES string of the molecule is O=c1c(OCCCCCCCCO)c(N2CCN(S(=O)(=O)Cc3ccccc3)CC2)cnn1-c1cc(F)cc(F)c1. The predicted octanol–water partition coefficient (Wildman–Crippen LogP) is 3.87. The van der Waals surface area contributed by atoms with Crippen molar-refractivity contribution in [3.05, 3.63) is 82.3 Å². The van der Waals surface area contributed by atoms with Crippen molar-refractivity contribution >= 4 is 15.7 Å². The molecule has 1 aliphatic heterocycles. The van der Waals surface area contributed by atoms with E-state index in [2.05, 4.69) is 5.10 Å². The summed E-state index contributed by atoms with van der Waals surface area (Å²) in [5.74, 6) is -1.77. The van der Waals surface area contributed by atoms with Gasteiger partial charge in [-0.2, -0.15) is 14.1 Å². The summed E-state index contributed by atoms with van der Waals surface area (Å²) in [5, 5.41) is 13.1. The first kappa shape index (κ1) is 30.6. The zero-order chi connectivity index (χ0) is 29.2. The highest BCUT2D eigenvalue weighted by atomic mass is 32.2. The van der Waals surface area contributed by atoms with E-state index in [-0.39, 0.29) is 43.5 Å². The Morgan fingerprint density at radius 1 is 0.878 bits per heavy atom. The molecule has 12 heteroatoms. The second kappa shape index (κ2) is 14.5. The molecule has 222 valence electrons. The van der Waals surface area contributed by atoms with Crippen LogP contribution in [-0.2, 0) is 15.8 Å². The Morgan fingerprint density at radius 3 is 2.17 bits per heavy atom. The Morgan fingerprint density at radius 2 is 1.51 bits per heavy atom. The number of sulfonamides is 1. The zero-order valence-electron chi connectivity index (χ0n) is 22.9. The number of aliphatic hydroxyl groups is 1. The molecule has 3 aromatic rings. The molecule has 2 heterocycles. The number of unbranched alkanes of at least 4 members (excludes halogenated alkanes) is 5. The number of benzene rings is 2. The Balaban J connectivity index is 1.49. The summed E-state index contributed by atoms with van der Waals surface area (Å²) in [6.07, 6.45) is 6.69. The molecule has 0 radical (unpaired) electrons. The maximum atomic E-state index is 13.9. The molecule has 0 amide bonds. The van der Waals surface area contributed by atoms with Gasteiger partial charge in [0.05, 0.1) is 24.2 Å². The molecule has 9 nitrogen and oxygen atoms in total. The molecule has 4 rings (SSSR count). The minimum absolute atomic E-state index is 0.00513. The lowest BCUT2D eigenvalue weighted by molar-refractivity contribution is 0.279. The fourth-order valence-corrected chi connectivity index (χ4v) is 6.33. The average Bonchev–Trinajstić information content (AvgIpc) is 2.95. The molecule has 1 aliphatic rings. The van der Waals surface area contributed by atoms with Crippen LogP contribution in [0, 0.1) is 11.6 Å². The van der Waals surface area contributed by atoms with E-state index in [1.165, 1.54) is 10.5 Å². The van der Waals surface area contributed by atoms with Gasteiger partial charge >= 0.3 is 5.56 Å². The number of rotatable bonds is 14. The maximum absolute atomic E-state index is 13.9. The minimum Gasteiger partial charge on any atom is -0.486 e. The van der Waals surface area contributed by atoms with Crippen molar-refractivity contribution in [1.29, 1.82) is 0 Å². The summed E-state index contributed by atoms with van der Waals surface area (Å²) in [7, 11) is -3.53.